The van der Waals surface area contributed by atoms with Crippen molar-refractivity contribution in [3.05, 3.63) is 18.0 Å². The summed E-state index contributed by atoms with van der Waals surface area (Å²) >= 11 is 0. The number of hydrogen-bond donors (Lipinski definition) is 2. The van der Waals surface area contributed by atoms with Crippen LogP contribution in [0.4, 0.5) is 0 Å². The predicted molar refractivity (Wildman–Crippen MR) is 77.6 cm³/mol. The van der Waals surface area contributed by atoms with Crippen molar-refractivity contribution < 1.29 is 19.4 Å². The van der Waals surface area contributed by atoms with Crippen molar-refractivity contribution in [3.8, 4) is 11.5 Å². The Labute approximate surface area is 124 Å². The van der Waals surface area contributed by atoms with Gasteiger partial charge in [0.05, 0.1) is 25.8 Å². The van der Waals surface area contributed by atoms with Gasteiger partial charge in [0.25, 0.3) is 0 Å². The number of aliphatic carboxylic acids is 1. The normalized spacial score (nSPS) is 21.8. The third-order valence-electron chi connectivity index (χ3n) is 4.00. The fraction of sp³-hybridized carbons (Fsp3) is 0.600. The van der Waals surface area contributed by atoms with Gasteiger partial charge in [-0.05, 0) is 25.7 Å². The van der Waals surface area contributed by atoms with Crippen molar-refractivity contribution in [2.45, 2.75) is 38.3 Å². The van der Waals surface area contributed by atoms with E-state index in [1.807, 2.05) is 0 Å². The topological polar surface area (TPSA) is 80.7 Å². The number of carboxylic acid groups (broad SMARTS) is 1. The molecule has 0 saturated heterocycles. The number of rotatable bonds is 6. The molecule has 0 amide bonds. The van der Waals surface area contributed by atoms with Gasteiger partial charge in [0.1, 0.15) is 0 Å². The summed E-state index contributed by atoms with van der Waals surface area (Å²) in [5, 5.41) is 12.4. The summed E-state index contributed by atoms with van der Waals surface area (Å²) in [4.78, 5) is 15.3. The summed E-state index contributed by atoms with van der Waals surface area (Å²) in [6.45, 7) is 0.586. The zero-order valence-electron chi connectivity index (χ0n) is 12.5. The van der Waals surface area contributed by atoms with Crippen LogP contribution in [0.3, 0.4) is 0 Å². The molecule has 21 heavy (non-hydrogen) atoms. The molecule has 1 aliphatic carbocycles. The maximum absolute atomic E-state index is 10.9. The van der Waals surface area contributed by atoms with Gasteiger partial charge in [-0.3, -0.25) is 9.78 Å². The van der Waals surface area contributed by atoms with Crippen LogP contribution in [0, 0.1) is 5.92 Å². The molecule has 2 N–H and O–H groups in total. The van der Waals surface area contributed by atoms with Gasteiger partial charge in [0, 0.05) is 24.8 Å². The molecule has 1 aromatic rings. The minimum Gasteiger partial charge on any atom is -0.493 e. The lowest BCUT2D eigenvalue weighted by Gasteiger charge is -2.27. The van der Waals surface area contributed by atoms with Crippen LogP contribution in [0.1, 0.15) is 31.4 Å². The molecule has 6 nitrogen and oxygen atoms in total. The van der Waals surface area contributed by atoms with E-state index in [1.165, 1.54) is 0 Å². The van der Waals surface area contributed by atoms with Crippen LogP contribution in [-0.4, -0.2) is 36.3 Å². The standard InChI is InChI=1S/C15H22N2O4/c1-20-13-7-8-16-12(14(13)21-2)9-17-11-5-3-10(4-6-11)15(18)19/h7-8,10-11,17H,3-6,9H2,1-2H3,(H,18,19). The molecule has 0 spiro atoms. The second-order valence-corrected chi connectivity index (χ2v) is 5.26. The van der Waals surface area contributed by atoms with E-state index in [1.54, 1.807) is 26.5 Å². The quantitative estimate of drug-likeness (QED) is 0.833. The average Bonchev–Trinajstić information content (AvgIpc) is 2.52. The number of nitrogens with one attached hydrogen (secondary N) is 1. The van der Waals surface area contributed by atoms with E-state index in [2.05, 4.69) is 10.3 Å². The van der Waals surface area contributed by atoms with Gasteiger partial charge in [-0.1, -0.05) is 0 Å². The van der Waals surface area contributed by atoms with Gasteiger partial charge < -0.3 is 19.9 Å². The van der Waals surface area contributed by atoms with Gasteiger partial charge in [0.2, 0.25) is 0 Å². The highest BCUT2D eigenvalue weighted by Crippen LogP contribution is 2.29. The molecule has 0 radical (unpaired) electrons. The van der Waals surface area contributed by atoms with Crippen molar-refractivity contribution >= 4 is 5.97 Å². The third-order valence-corrected chi connectivity index (χ3v) is 4.00. The van der Waals surface area contributed by atoms with E-state index in [-0.39, 0.29) is 5.92 Å². The first-order valence-electron chi connectivity index (χ1n) is 7.17. The molecule has 0 aliphatic heterocycles. The van der Waals surface area contributed by atoms with Crippen molar-refractivity contribution in [3.63, 3.8) is 0 Å². The third kappa shape index (κ3) is 3.85. The summed E-state index contributed by atoms with van der Waals surface area (Å²) in [5.74, 6) is 0.447. The van der Waals surface area contributed by atoms with Crippen molar-refractivity contribution in [1.82, 2.24) is 10.3 Å². The molecular weight excluding hydrogens is 272 g/mol. The first-order chi connectivity index (χ1) is 10.2. The van der Waals surface area contributed by atoms with Crippen LogP contribution >= 0.6 is 0 Å². The summed E-state index contributed by atoms with van der Waals surface area (Å²) in [5.41, 5.74) is 0.803. The van der Waals surface area contributed by atoms with Gasteiger partial charge in [-0.25, -0.2) is 0 Å². The number of hydrogen-bond acceptors (Lipinski definition) is 5. The lowest BCUT2D eigenvalue weighted by molar-refractivity contribution is -0.142. The van der Waals surface area contributed by atoms with Crippen molar-refractivity contribution in [1.29, 1.82) is 0 Å². The van der Waals surface area contributed by atoms with Gasteiger partial charge >= 0.3 is 5.97 Å². The number of aromatic nitrogens is 1. The number of carbonyl (C=O) groups is 1. The lowest BCUT2D eigenvalue weighted by atomic mass is 9.86. The van der Waals surface area contributed by atoms with Gasteiger partial charge in [-0.15, -0.1) is 0 Å². The number of methoxy groups -OCH3 is 2. The molecule has 0 unspecified atom stereocenters. The summed E-state index contributed by atoms with van der Waals surface area (Å²) in [7, 11) is 3.20. The molecule has 116 valence electrons. The highest BCUT2D eigenvalue weighted by Gasteiger charge is 2.25. The molecular formula is C15H22N2O4. The Kier molecular flexibility index (Phi) is 5.38. The second-order valence-electron chi connectivity index (χ2n) is 5.26. The summed E-state index contributed by atoms with van der Waals surface area (Å²) in [6, 6.07) is 2.10. The highest BCUT2D eigenvalue weighted by molar-refractivity contribution is 5.70. The fourth-order valence-corrected chi connectivity index (χ4v) is 2.76. The minimum absolute atomic E-state index is 0.187. The highest BCUT2D eigenvalue weighted by atomic mass is 16.5. The molecule has 1 heterocycles. The molecule has 1 saturated carbocycles. The molecule has 0 atom stereocenters. The van der Waals surface area contributed by atoms with Crippen molar-refractivity contribution in [2.75, 3.05) is 14.2 Å². The number of ether oxygens (including phenoxy) is 2. The maximum Gasteiger partial charge on any atom is 0.306 e. The molecule has 6 heteroatoms. The summed E-state index contributed by atoms with van der Waals surface area (Å²) in [6.07, 6.45) is 4.91. The van der Waals surface area contributed by atoms with E-state index >= 15 is 0 Å². The Hall–Kier alpha value is -1.82. The van der Waals surface area contributed by atoms with Crippen LogP contribution in [0.15, 0.2) is 12.3 Å². The van der Waals surface area contributed by atoms with E-state index in [4.69, 9.17) is 14.6 Å². The molecule has 0 bridgehead atoms. The summed E-state index contributed by atoms with van der Waals surface area (Å²) < 4.78 is 10.6. The van der Waals surface area contributed by atoms with E-state index in [0.717, 1.165) is 31.4 Å². The number of pyridine rings is 1. The van der Waals surface area contributed by atoms with Crippen LogP contribution in [0.2, 0.25) is 0 Å². The van der Waals surface area contributed by atoms with Crippen LogP contribution in [0.5, 0.6) is 11.5 Å². The molecule has 1 aromatic heterocycles. The van der Waals surface area contributed by atoms with Crippen molar-refractivity contribution in [2.24, 2.45) is 5.92 Å². The lowest BCUT2D eigenvalue weighted by Crippen LogP contribution is -2.34. The fourth-order valence-electron chi connectivity index (χ4n) is 2.76. The van der Waals surface area contributed by atoms with Gasteiger partial charge in [0.15, 0.2) is 11.5 Å². The first kappa shape index (κ1) is 15.6. The molecule has 0 aromatic carbocycles. The van der Waals surface area contributed by atoms with E-state index in [0.29, 0.717) is 24.1 Å². The maximum atomic E-state index is 10.9. The van der Waals surface area contributed by atoms with E-state index < -0.39 is 5.97 Å². The predicted octanol–water partition coefficient (Wildman–Crippen LogP) is 1.83. The van der Waals surface area contributed by atoms with Gasteiger partial charge in [-0.2, -0.15) is 0 Å². The SMILES string of the molecule is COc1ccnc(CNC2CCC(C(=O)O)CC2)c1OC. The van der Waals surface area contributed by atoms with E-state index in [9.17, 15) is 4.79 Å². The smallest absolute Gasteiger partial charge is 0.306 e. The zero-order valence-corrected chi connectivity index (χ0v) is 12.5. The Balaban J connectivity index is 1.91. The molecule has 1 aliphatic rings. The number of nitrogens with zero attached hydrogens (tertiary/aromatic N) is 1. The second kappa shape index (κ2) is 7.26. The van der Waals surface area contributed by atoms with Crippen LogP contribution in [-0.2, 0) is 11.3 Å². The molecule has 1 fully saturated rings. The average molecular weight is 294 g/mol. The largest absolute Gasteiger partial charge is 0.493 e. The number of carboxylic acids is 1. The van der Waals surface area contributed by atoms with Crippen LogP contribution in [0.25, 0.3) is 0 Å². The minimum atomic E-state index is -0.676. The monoisotopic (exact) mass is 294 g/mol. The Morgan fingerprint density at radius 3 is 2.62 bits per heavy atom. The Morgan fingerprint density at radius 2 is 2.05 bits per heavy atom. The Morgan fingerprint density at radius 1 is 1.33 bits per heavy atom. The zero-order chi connectivity index (χ0) is 15.2. The Bertz CT molecular complexity index is 485. The van der Waals surface area contributed by atoms with Crippen LogP contribution < -0.4 is 14.8 Å². The molecule has 2 rings (SSSR count). The first-order valence-corrected chi connectivity index (χ1v) is 7.17.